The van der Waals surface area contributed by atoms with E-state index in [1.807, 2.05) is 41.5 Å². The van der Waals surface area contributed by atoms with Crippen LogP contribution in [0.5, 0.6) is 0 Å². The van der Waals surface area contributed by atoms with Gasteiger partial charge in [-0.05, 0) is 103 Å². The molecule has 2 fully saturated rings. The highest BCUT2D eigenvalue weighted by Gasteiger charge is 2.27. The van der Waals surface area contributed by atoms with E-state index in [1.54, 1.807) is 34.1 Å². The molecule has 2 amide bonds. The summed E-state index contributed by atoms with van der Waals surface area (Å²) in [5, 5.41) is 0. The number of carbonyl (C=O) groups is 6. The molecule has 328 valence electrons. The number of esters is 4. The molecule has 0 atom stereocenters. The van der Waals surface area contributed by atoms with Crippen molar-refractivity contribution >= 4 is 36.1 Å². The number of piperazine rings is 2. The van der Waals surface area contributed by atoms with Crippen LogP contribution in [0.1, 0.15) is 101 Å². The number of nitrogens with zero attached hydrogens (tertiary/aromatic N) is 4. The Bertz CT molecular complexity index is 1820. The minimum Gasteiger partial charge on any atom is -0.465 e. The third-order valence-corrected chi connectivity index (χ3v) is 9.13. The Kier molecular flexibility index (Phi) is 18.4. The van der Waals surface area contributed by atoms with Gasteiger partial charge in [0.2, 0.25) is 0 Å². The maximum atomic E-state index is 12.2. The van der Waals surface area contributed by atoms with Gasteiger partial charge in [0.05, 0.1) is 57.2 Å². The molecule has 0 radical (unpaired) electrons. The number of hydrogen-bond acceptors (Lipinski definition) is 14. The lowest BCUT2D eigenvalue weighted by molar-refractivity contribution is 0.0139. The smallest absolute Gasteiger partial charge is 0.410 e. The van der Waals surface area contributed by atoms with Gasteiger partial charge < -0.3 is 38.2 Å². The largest absolute Gasteiger partial charge is 0.465 e. The van der Waals surface area contributed by atoms with E-state index in [2.05, 4.69) is 21.6 Å². The van der Waals surface area contributed by atoms with E-state index in [4.69, 9.17) is 28.4 Å². The molecule has 0 aliphatic carbocycles. The van der Waals surface area contributed by atoms with Crippen molar-refractivity contribution in [2.75, 3.05) is 93.9 Å². The predicted octanol–water partition coefficient (Wildman–Crippen LogP) is 4.91. The van der Waals surface area contributed by atoms with Gasteiger partial charge in [-0.25, -0.2) is 28.8 Å². The molecule has 2 aliphatic rings. The highest BCUT2D eigenvalue weighted by Crippen LogP contribution is 2.17. The summed E-state index contributed by atoms with van der Waals surface area (Å²) in [5.74, 6) is 3.96. The van der Waals surface area contributed by atoms with Crippen LogP contribution < -0.4 is 0 Å². The SMILES string of the molecule is COC(=O)c1cc(C#CCN2CCN(C(=O)OC(C)(C)C)CC2)cc(C(=O)OC)c1.COC(=O)c1cc(CCCN2CCN(C(=O)OC(C)(C)C)CC2)cc(C(=O)OC)c1. The first-order chi connectivity index (χ1) is 28.2. The topological polar surface area (TPSA) is 171 Å². The lowest BCUT2D eigenvalue weighted by Crippen LogP contribution is -2.50. The Balaban J connectivity index is 0.000000320. The van der Waals surface area contributed by atoms with Gasteiger partial charge in [-0.15, -0.1) is 0 Å². The van der Waals surface area contributed by atoms with Gasteiger partial charge in [-0.1, -0.05) is 11.8 Å². The quantitative estimate of drug-likeness (QED) is 0.190. The minimum absolute atomic E-state index is 0.232. The van der Waals surface area contributed by atoms with Crippen LogP contribution in [0.2, 0.25) is 0 Å². The van der Waals surface area contributed by atoms with Crippen molar-refractivity contribution in [3.05, 3.63) is 69.8 Å². The monoisotopic (exact) mass is 836 g/mol. The summed E-state index contributed by atoms with van der Waals surface area (Å²) >= 11 is 0. The standard InChI is InChI=1S/C22H32N2O6.C22H28N2O6/c2*1-22(2,3)30-21(27)24-11-9-23(10-12-24)8-6-7-16-13-17(19(25)28-4)15-18(14-16)20(26)29-5/h13-15H,6-12H2,1-5H3;13-15H,8-12H2,1-5H3. The van der Waals surface area contributed by atoms with Gasteiger partial charge in [0.15, 0.2) is 0 Å². The second-order valence-corrected chi connectivity index (χ2v) is 16.1. The van der Waals surface area contributed by atoms with Gasteiger partial charge in [0.1, 0.15) is 11.2 Å². The van der Waals surface area contributed by atoms with E-state index in [9.17, 15) is 28.8 Å². The molecule has 2 saturated heterocycles. The van der Waals surface area contributed by atoms with E-state index in [-0.39, 0.29) is 23.3 Å². The van der Waals surface area contributed by atoms with Crippen LogP contribution in [0.4, 0.5) is 9.59 Å². The molecule has 2 aromatic carbocycles. The molecule has 2 aliphatic heterocycles. The first-order valence-electron chi connectivity index (χ1n) is 19.8. The van der Waals surface area contributed by atoms with Crippen LogP contribution in [0.15, 0.2) is 36.4 Å². The molecule has 0 aromatic heterocycles. The Morgan fingerprint density at radius 1 is 0.533 bits per heavy atom. The van der Waals surface area contributed by atoms with Crippen molar-refractivity contribution in [1.29, 1.82) is 0 Å². The molecular weight excluding hydrogens is 776 g/mol. The number of ether oxygens (including phenoxy) is 6. The van der Waals surface area contributed by atoms with Crippen LogP contribution in [-0.4, -0.2) is 161 Å². The lowest BCUT2D eigenvalue weighted by Gasteiger charge is -2.35. The maximum Gasteiger partial charge on any atom is 0.410 e. The van der Waals surface area contributed by atoms with Crippen LogP contribution in [0, 0.1) is 11.8 Å². The maximum absolute atomic E-state index is 12.2. The first-order valence-corrected chi connectivity index (χ1v) is 19.8. The molecule has 0 bridgehead atoms. The molecule has 2 heterocycles. The zero-order chi connectivity index (χ0) is 44.6. The number of rotatable bonds is 9. The molecule has 0 saturated carbocycles. The van der Waals surface area contributed by atoms with Crippen LogP contribution in [-0.2, 0) is 34.8 Å². The number of methoxy groups -OCH3 is 4. The van der Waals surface area contributed by atoms with Gasteiger partial charge in [-0.2, -0.15) is 0 Å². The van der Waals surface area contributed by atoms with Gasteiger partial charge in [0, 0.05) is 57.9 Å². The van der Waals surface area contributed by atoms with Crippen LogP contribution >= 0.6 is 0 Å². The van der Waals surface area contributed by atoms with Gasteiger partial charge >= 0.3 is 36.1 Å². The molecule has 4 rings (SSSR count). The van der Waals surface area contributed by atoms with E-state index >= 15 is 0 Å². The minimum atomic E-state index is -0.554. The highest BCUT2D eigenvalue weighted by molar-refractivity contribution is 5.96. The Hall–Kier alpha value is -5.66. The Morgan fingerprint density at radius 3 is 1.27 bits per heavy atom. The summed E-state index contributed by atoms with van der Waals surface area (Å²) in [6.45, 7) is 17.8. The third-order valence-electron chi connectivity index (χ3n) is 9.13. The van der Waals surface area contributed by atoms with Crippen molar-refractivity contribution in [2.45, 2.75) is 65.6 Å². The second-order valence-electron chi connectivity index (χ2n) is 16.1. The predicted molar refractivity (Wildman–Crippen MR) is 222 cm³/mol. The van der Waals surface area contributed by atoms with Gasteiger partial charge in [0.25, 0.3) is 0 Å². The molecule has 16 heteroatoms. The fraction of sp³-hybridized carbons (Fsp3) is 0.545. The zero-order valence-corrected chi connectivity index (χ0v) is 36.6. The fourth-order valence-corrected chi connectivity index (χ4v) is 6.13. The summed E-state index contributed by atoms with van der Waals surface area (Å²) in [7, 11) is 5.17. The van der Waals surface area contributed by atoms with Crippen molar-refractivity contribution < 1.29 is 57.2 Å². The average Bonchev–Trinajstić information content (AvgIpc) is 3.21. The molecule has 16 nitrogen and oxygen atoms in total. The van der Waals surface area contributed by atoms with Crippen molar-refractivity contribution in [3.8, 4) is 11.8 Å². The van der Waals surface area contributed by atoms with Crippen molar-refractivity contribution in [2.24, 2.45) is 0 Å². The van der Waals surface area contributed by atoms with Crippen molar-refractivity contribution in [3.63, 3.8) is 0 Å². The molecule has 0 spiro atoms. The highest BCUT2D eigenvalue weighted by atomic mass is 16.6. The molecule has 2 aromatic rings. The third kappa shape index (κ3) is 16.2. The Morgan fingerprint density at radius 2 is 0.900 bits per heavy atom. The molecule has 0 unspecified atom stereocenters. The second kappa shape index (κ2) is 22.6. The molecule has 0 N–H and O–H groups in total. The molecular formula is C44H60N4O12. The summed E-state index contributed by atoms with van der Waals surface area (Å²) in [5.41, 5.74) is 1.53. The number of hydrogen-bond donors (Lipinski definition) is 0. The summed E-state index contributed by atoms with van der Waals surface area (Å²) in [6, 6.07) is 9.55. The van der Waals surface area contributed by atoms with E-state index in [1.165, 1.54) is 40.6 Å². The average molecular weight is 837 g/mol. The van der Waals surface area contributed by atoms with E-state index in [0.29, 0.717) is 68.9 Å². The number of aryl methyl sites for hydroxylation is 1. The van der Waals surface area contributed by atoms with Crippen LogP contribution in [0.25, 0.3) is 0 Å². The zero-order valence-electron chi connectivity index (χ0n) is 36.6. The van der Waals surface area contributed by atoms with E-state index < -0.39 is 35.1 Å². The summed E-state index contributed by atoms with van der Waals surface area (Å²) in [4.78, 5) is 79.6. The molecule has 60 heavy (non-hydrogen) atoms. The number of carbonyl (C=O) groups excluding carboxylic acids is 6. The Labute approximate surface area is 353 Å². The number of benzene rings is 2. The van der Waals surface area contributed by atoms with E-state index in [0.717, 1.165) is 31.6 Å². The number of amides is 2. The van der Waals surface area contributed by atoms with Crippen LogP contribution in [0.3, 0.4) is 0 Å². The van der Waals surface area contributed by atoms with Crippen molar-refractivity contribution in [1.82, 2.24) is 19.6 Å². The normalized spacial score (nSPS) is 14.6. The summed E-state index contributed by atoms with van der Waals surface area (Å²) in [6.07, 6.45) is 0.999. The van der Waals surface area contributed by atoms with Gasteiger partial charge in [-0.3, -0.25) is 9.80 Å². The lowest BCUT2D eigenvalue weighted by atomic mass is 10.0. The first kappa shape index (κ1) is 48.7. The summed E-state index contributed by atoms with van der Waals surface area (Å²) < 4.78 is 29.8. The fourth-order valence-electron chi connectivity index (χ4n) is 6.13.